The lowest BCUT2D eigenvalue weighted by Crippen LogP contribution is -2.17. The van der Waals surface area contributed by atoms with Crippen molar-refractivity contribution in [3.05, 3.63) is 60.4 Å². The molecule has 0 aliphatic heterocycles. The molecule has 0 spiro atoms. The van der Waals surface area contributed by atoms with Crippen molar-refractivity contribution in [2.24, 2.45) is 0 Å². The van der Waals surface area contributed by atoms with Crippen LogP contribution in [-0.2, 0) is 4.79 Å². The van der Waals surface area contributed by atoms with E-state index in [1.54, 1.807) is 24.3 Å². The Morgan fingerprint density at radius 1 is 1.04 bits per heavy atom. The highest BCUT2D eigenvalue weighted by atomic mass is 16.6. The van der Waals surface area contributed by atoms with E-state index in [4.69, 9.17) is 9.47 Å². The van der Waals surface area contributed by atoms with Crippen LogP contribution in [-0.4, -0.2) is 32.8 Å². The topological polar surface area (TPSA) is 79.1 Å². The molecule has 0 bridgehead atoms. The predicted octanol–water partition coefficient (Wildman–Crippen LogP) is 2.77. The van der Waals surface area contributed by atoms with E-state index in [1.807, 2.05) is 24.3 Å². The molecule has 0 saturated heterocycles. The molecular formula is C18H18N4O3. The molecule has 1 heterocycles. The van der Waals surface area contributed by atoms with Gasteiger partial charge in [0.25, 0.3) is 0 Å². The number of rotatable bonds is 6. The molecule has 0 aliphatic rings. The second-order valence-electron chi connectivity index (χ2n) is 5.73. The van der Waals surface area contributed by atoms with E-state index in [0.29, 0.717) is 17.4 Å². The second-order valence-corrected chi connectivity index (χ2v) is 5.73. The molecule has 0 aliphatic carbocycles. The number of tetrazole rings is 1. The zero-order chi connectivity index (χ0) is 17.6. The molecule has 7 nitrogen and oxygen atoms in total. The summed E-state index contributed by atoms with van der Waals surface area (Å²) >= 11 is 0. The average molecular weight is 338 g/mol. The molecule has 0 fully saturated rings. The average Bonchev–Trinajstić information content (AvgIpc) is 3.15. The molecule has 3 aromatic rings. The normalized spacial score (nSPS) is 10.7. The van der Waals surface area contributed by atoms with E-state index >= 15 is 0 Å². The number of hydrogen-bond donors (Lipinski definition) is 0. The van der Waals surface area contributed by atoms with Crippen molar-refractivity contribution in [1.82, 2.24) is 20.2 Å². The largest absolute Gasteiger partial charge is 0.482 e. The Hall–Kier alpha value is -3.22. The Morgan fingerprint density at radius 2 is 1.72 bits per heavy atom. The molecule has 7 heteroatoms. The van der Waals surface area contributed by atoms with Gasteiger partial charge in [0.1, 0.15) is 17.8 Å². The first kappa shape index (κ1) is 16.6. The summed E-state index contributed by atoms with van der Waals surface area (Å²) in [5.41, 5.74) is 1.99. The van der Waals surface area contributed by atoms with Crippen molar-refractivity contribution in [3.63, 3.8) is 0 Å². The fourth-order valence-corrected chi connectivity index (χ4v) is 2.20. The Balaban J connectivity index is 1.52. The Morgan fingerprint density at radius 3 is 2.32 bits per heavy atom. The van der Waals surface area contributed by atoms with Crippen molar-refractivity contribution >= 4 is 5.97 Å². The monoisotopic (exact) mass is 338 g/mol. The van der Waals surface area contributed by atoms with E-state index in [0.717, 1.165) is 5.69 Å². The standard InChI is InChI=1S/C18H18N4O3/c1-13(2)14-3-7-16(8-4-14)24-11-18(23)25-17-9-5-15(6-10-17)22-12-19-20-21-22/h3-10,12-13H,11H2,1-2H3. The SMILES string of the molecule is CC(C)c1ccc(OCC(=O)Oc2ccc(-n3cnnn3)cc2)cc1. The smallest absolute Gasteiger partial charge is 0.349 e. The fraction of sp³-hybridized carbons (Fsp3) is 0.222. The fourth-order valence-electron chi connectivity index (χ4n) is 2.20. The van der Waals surface area contributed by atoms with Crippen LogP contribution in [0.5, 0.6) is 11.5 Å². The Labute approximate surface area is 145 Å². The molecule has 0 atom stereocenters. The molecule has 1 aromatic heterocycles. The van der Waals surface area contributed by atoms with E-state index < -0.39 is 5.97 Å². The summed E-state index contributed by atoms with van der Waals surface area (Å²) in [6.45, 7) is 4.09. The van der Waals surface area contributed by atoms with Crippen LogP contribution in [0.1, 0.15) is 25.3 Å². The zero-order valence-corrected chi connectivity index (χ0v) is 14.0. The predicted molar refractivity (Wildman–Crippen MR) is 90.8 cm³/mol. The van der Waals surface area contributed by atoms with Gasteiger partial charge in [0.05, 0.1) is 5.69 Å². The van der Waals surface area contributed by atoms with Gasteiger partial charge in [-0.2, -0.15) is 0 Å². The van der Waals surface area contributed by atoms with Crippen LogP contribution in [0.25, 0.3) is 5.69 Å². The number of carbonyl (C=O) groups excluding carboxylic acids is 1. The molecular weight excluding hydrogens is 320 g/mol. The van der Waals surface area contributed by atoms with Crippen LogP contribution in [0, 0.1) is 0 Å². The second kappa shape index (κ2) is 7.57. The van der Waals surface area contributed by atoms with Crippen LogP contribution < -0.4 is 9.47 Å². The first-order chi connectivity index (χ1) is 12.1. The van der Waals surface area contributed by atoms with Crippen LogP contribution in [0.4, 0.5) is 0 Å². The molecule has 0 radical (unpaired) electrons. The zero-order valence-electron chi connectivity index (χ0n) is 14.0. The van der Waals surface area contributed by atoms with Crippen LogP contribution >= 0.6 is 0 Å². The molecule has 0 amide bonds. The van der Waals surface area contributed by atoms with Crippen LogP contribution in [0.15, 0.2) is 54.9 Å². The summed E-state index contributed by atoms with van der Waals surface area (Å²) in [5, 5.41) is 10.9. The van der Waals surface area contributed by atoms with Crippen molar-refractivity contribution in [1.29, 1.82) is 0 Å². The highest BCUT2D eigenvalue weighted by Gasteiger charge is 2.07. The van der Waals surface area contributed by atoms with E-state index in [2.05, 4.69) is 29.4 Å². The van der Waals surface area contributed by atoms with Crippen molar-refractivity contribution in [3.8, 4) is 17.2 Å². The van der Waals surface area contributed by atoms with Crippen molar-refractivity contribution < 1.29 is 14.3 Å². The number of carbonyl (C=O) groups is 1. The minimum Gasteiger partial charge on any atom is -0.482 e. The maximum absolute atomic E-state index is 11.9. The number of benzene rings is 2. The summed E-state index contributed by atoms with van der Waals surface area (Å²) in [5.74, 6) is 1.05. The number of esters is 1. The lowest BCUT2D eigenvalue weighted by Gasteiger charge is -2.09. The van der Waals surface area contributed by atoms with Gasteiger partial charge in [0.2, 0.25) is 0 Å². The van der Waals surface area contributed by atoms with Crippen LogP contribution in [0.2, 0.25) is 0 Å². The van der Waals surface area contributed by atoms with Gasteiger partial charge in [-0.3, -0.25) is 0 Å². The maximum atomic E-state index is 11.9. The minimum atomic E-state index is -0.469. The molecule has 0 N–H and O–H groups in total. The molecule has 3 rings (SSSR count). The summed E-state index contributed by atoms with van der Waals surface area (Å²) in [7, 11) is 0. The molecule has 0 saturated carbocycles. The van der Waals surface area contributed by atoms with Gasteiger partial charge in [-0.1, -0.05) is 26.0 Å². The molecule has 128 valence electrons. The van der Waals surface area contributed by atoms with Gasteiger partial charge in [0, 0.05) is 0 Å². The van der Waals surface area contributed by atoms with Gasteiger partial charge in [-0.15, -0.1) is 5.10 Å². The third-order valence-corrected chi connectivity index (χ3v) is 3.59. The number of aromatic nitrogens is 4. The van der Waals surface area contributed by atoms with E-state index in [-0.39, 0.29) is 6.61 Å². The number of ether oxygens (including phenoxy) is 2. The highest BCUT2D eigenvalue weighted by Crippen LogP contribution is 2.19. The quantitative estimate of drug-likeness (QED) is 0.508. The lowest BCUT2D eigenvalue weighted by atomic mass is 10.0. The molecule has 0 unspecified atom stereocenters. The van der Waals surface area contributed by atoms with Gasteiger partial charge in [-0.05, 0) is 58.3 Å². The van der Waals surface area contributed by atoms with Gasteiger partial charge >= 0.3 is 5.97 Å². The summed E-state index contributed by atoms with van der Waals surface area (Å²) < 4.78 is 12.2. The highest BCUT2D eigenvalue weighted by molar-refractivity contribution is 5.74. The molecule has 25 heavy (non-hydrogen) atoms. The van der Waals surface area contributed by atoms with Crippen LogP contribution in [0.3, 0.4) is 0 Å². The number of hydrogen-bond acceptors (Lipinski definition) is 6. The summed E-state index contributed by atoms with van der Waals surface area (Å²) in [4.78, 5) is 11.9. The third-order valence-electron chi connectivity index (χ3n) is 3.59. The summed E-state index contributed by atoms with van der Waals surface area (Å²) in [6.07, 6.45) is 1.49. The molecule has 2 aromatic carbocycles. The van der Waals surface area contributed by atoms with Gasteiger partial charge in [-0.25, -0.2) is 9.48 Å². The maximum Gasteiger partial charge on any atom is 0.349 e. The van der Waals surface area contributed by atoms with E-state index in [9.17, 15) is 4.79 Å². The third kappa shape index (κ3) is 4.41. The Bertz CT molecular complexity index is 813. The van der Waals surface area contributed by atoms with E-state index in [1.165, 1.54) is 16.6 Å². The van der Waals surface area contributed by atoms with Crippen molar-refractivity contribution in [2.45, 2.75) is 19.8 Å². The lowest BCUT2D eigenvalue weighted by molar-refractivity contribution is -0.136. The summed E-state index contributed by atoms with van der Waals surface area (Å²) in [6, 6.07) is 14.5. The van der Waals surface area contributed by atoms with Gasteiger partial charge in [0.15, 0.2) is 6.61 Å². The first-order valence-electron chi connectivity index (χ1n) is 7.88. The first-order valence-corrected chi connectivity index (χ1v) is 7.88. The minimum absolute atomic E-state index is 0.157. The van der Waals surface area contributed by atoms with Gasteiger partial charge < -0.3 is 9.47 Å². The number of nitrogens with zero attached hydrogens (tertiary/aromatic N) is 4. The Kier molecular flexibility index (Phi) is 5.03. The van der Waals surface area contributed by atoms with Crippen molar-refractivity contribution in [2.75, 3.05) is 6.61 Å².